The van der Waals surface area contributed by atoms with Crippen molar-refractivity contribution in [3.8, 4) is 0 Å². The van der Waals surface area contributed by atoms with Crippen LogP contribution in [0.5, 0.6) is 0 Å². The molecule has 0 bridgehead atoms. The normalized spacial score (nSPS) is 16.5. The van der Waals surface area contributed by atoms with Crippen LogP contribution in [0.25, 0.3) is 0 Å². The molecule has 1 unspecified atom stereocenters. The number of nitrogens with one attached hydrogen (secondary N) is 1. The molecular weight excluding hydrogens is 292 g/mol. The number of benzene rings is 1. The van der Waals surface area contributed by atoms with Gasteiger partial charge in [0.25, 0.3) is 0 Å². The van der Waals surface area contributed by atoms with E-state index in [1.165, 1.54) is 7.11 Å². The molecule has 3 N–H and O–H groups in total. The molecule has 1 atom stereocenters. The van der Waals surface area contributed by atoms with Crippen molar-refractivity contribution in [3.63, 3.8) is 0 Å². The van der Waals surface area contributed by atoms with Crippen LogP contribution in [0.15, 0.2) is 24.3 Å². The summed E-state index contributed by atoms with van der Waals surface area (Å²) in [4.78, 5) is 11.7. The molecule has 1 aliphatic rings. The smallest absolute Gasteiger partial charge is 0.338 e. The predicted octanol–water partition coefficient (Wildman–Crippen LogP) is 0.630. The minimum atomic E-state index is -3.55. The molecule has 1 aromatic carbocycles. The number of ether oxygens (including phenoxy) is 1. The number of nitrogens with two attached hydrogens (primary N) is 1. The van der Waals surface area contributed by atoms with E-state index in [1.807, 2.05) is 0 Å². The van der Waals surface area contributed by atoms with E-state index in [-0.39, 0.29) is 23.9 Å². The summed E-state index contributed by atoms with van der Waals surface area (Å²) >= 11 is 0. The summed E-state index contributed by atoms with van der Waals surface area (Å²) in [5.74, 6) is -0.472. The number of hydrogen-bond donors (Lipinski definition) is 2. The van der Waals surface area contributed by atoms with Crippen LogP contribution in [0.4, 0.5) is 0 Å². The molecule has 116 valence electrons. The van der Waals surface area contributed by atoms with Gasteiger partial charge in [-0.3, -0.25) is 0 Å². The van der Waals surface area contributed by atoms with Crippen LogP contribution < -0.4 is 10.5 Å². The van der Waals surface area contributed by atoms with Crippen LogP contribution in [-0.4, -0.2) is 34.1 Å². The minimum Gasteiger partial charge on any atom is -0.465 e. The van der Waals surface area contributed by atoms with Crippen molar-refractivity contribution in [2.24, 2.45) is 11.7 Å². The number of hydrogen-bond acceptors (Lipinski definition) is 5. The molecule has 6 nitrogen and oxygen atoms in total. The molecule has 1 aromatic rings. The molecular formula is C14H20N2O4S. The molecule has 0 spiro atoms. The van der Waals surface area contributed by atoms with Crippen molar-refractivity contribution in [3.05, 3.63) is 35.4 Å². The highest BCUT2D eigenvalue weighted by Crippen LogP contribution is 2.32. The summed E-state index contributed by atoms with van der Waals surface area (Å²) in [5, 5.41) is 0. The third kappa shape index (κ3) is 4.26. The van der Waals surface area contributed by atoms with Crippen molar-refractivity contribution in [1.29, 1.82) is 0 Å². The first-order valence-electron chi connectivity index (χ1n) is 6.83. The van der Waals surface area contributed by atoms with E-state index < -0.39 is 16.0 Å². The number of carbonyl (C=O) groups excluding carboxylic acids is 1. The Labute approximate surface area is 124 Å². The van der Waals surface area contributed by atoms with E-state index in [0.29, 0.717) is 11.5 Å². The highest BCUT2D eigenvalue weighted by molar-refractivity contribution is 7.88. The lowest BCUT2D eigenvalue weighted by atomic mass is 10.1. The molecule has 0 aromatic heterocycles. The Hall–Kier alpha value is -1.44. The van der Waals surface area contributed by atoms with Crippen LogP contribution in [0, 0.1) is 5.92 Å². The zero-order valence-electron chi connectivity index (χ0n) is 11.9. The van der Waals surface area contributed by atoms with Crippen molar-refractivity contribution >= 4 is 16.0 Å². The van der Waals surface area contributed by atoms with Crippen molar-refractivity contribution in [2.45, 2.75) is 24.6 Å². The molecule has 0 radical (unpaired) electrons. The third-order valence-corrected chi connectivity index (χ3v) is 4.90. The van der Waals surface area contributed by atoms with Crippen molar-refractivity contribution in [2.75, 3.05) is 13.7 Å². The molecule has 0 aliphatic heterocycles. The Morgan fingerprint density at radius 2 is 2.10 bits per heavy atom. The van der Waals surface area contributed by atoms with Gasteiger partial charge < -0.3 is 10.5 Å². The summed E-state index contributed by atoms with van der Waals surface area (Å²) in [6.07, 6.45) is 2.01. The fourth-order valence-electron chi connectivity index (χ4n) is 2.27. The SMILES string of the molecule is COC(=O)c1ccccc1CS(=O)(=O)NC(CN)C1CC1. The fourth-order valence-corrected chi connectivity index (χ4v) is 3.76. The van der Waals surface area contributed by atoms with E-state index in [0.717, 1.165) is 12.8 Å². The summed E-state index contributed by atoms with van der Waals surface area (Å²) in [5.41, 5.74) is 6.30. The van der Waals surface area contributed by atoms with Crippen LogP contribution in [-0.2, 0) is 20.5 Å². The highest BCUT2D eigenvalue weighted by Gasteiger charge is 2.33. The zero-order valence-corrected chi connectivity index (χ0v) is 12.7. The first-order valence-corrected chi connectivity index (χ1v) is 8.48. The van der Waals surface area contributed by atoms with Gasteiger partial charge in [0, 0.05) is 12.6 Å². The Balaban J connectivity index is 2.14. The average Bonchev–Trinajstić information content (AvgIpc) is 3.28. The molecule has 21 heavy (non-hydrogen) atoms. The van der Waals surface area contributed by atoms with E-state index in [9.17, 15) is 13.2 Å². The number of carbonyl (C=O) groups is 1. The van der Waals surface area contributed by atoms with Gasteiger partial charge in [-0.25, -0.2) is 17.9 Å². The standard InChI is InChI=1S/C14H20N2O4S/c1-20-14(17)12-5-3-2-4-11(12)9-21(18,19)16-13(8-15)10-6-7-10/h2-5,10,13,16H,6-9,15H2,1H3. The Kier molecular flexibility index (Phi) is 4.97. The molecule has 0 saturated heterocycles. The quantitative estimate of drug-likeness (QED) is 0.720. The summed E-state index contributed by atoms with van der Waals surface area (Å²) in [7, 11) is -2.29. The monoisotopic (exact) mass is 312 g/mol. The summed E-state index contributed by atoms with van der Waals surface area (Å²) in [6.45, 7) is 0.280. The third-order valence-electron chi connectivity index (χ3n) is 3.54. The number of esters is 1. The van der Waals surface area contributed by atoms with Gasteiger partial charge in [0.05, 0.1) is 18.4 Å². The molecule has 0 heterocycles. The van der Waals surface area contributed by atoms with Gasteiger partial charge in [0.1, 0.15) is 0 Å². The zero-order chi connectivity index (χ0) is 15.5. The Morgan fingerprint density at radius 1 is 1.43 bits per heavy atom. The average molecular weight is 312 g/mol. The predicted molar refractivity (Wildman–Crippen MR) is 79.1 cm³/mol. The minimum absolute atomic E-state index is 0.222. The van der Waals surface area contributed by atoms with Gasteiger partial charge in [-0.1, -0.05) is 18.2 Å². The fraction of sp³-hybridized carbons (Fsp3) is 0.500. The van der Waals surface area contributed by atoms with Crippen LogP contribution >= 0.6 is 0 Å². The summed E-state index contributed by atoms with van der Waals surface area (Å²) < 4.78 is 31.8. The van der Waals surface area contributed by atoms with Crippen molar-refractivity contribution < 1.29 is 17.9 Å². The number of methoxy groups -OCH3 is 1. The highest BCUT2D eigenvalue weighted by atomic mass is 32.2. The molecule has 1 saturated carbocycles. The van der Waals surface area contributed by atoms with Crippen LogP contribution in [0.3, 0.4) is 0 Å². The van der Waals surface area contributed by atoms with Gasteiger partial charge in [0.15, 0.2) is 0 Å². The lowest BCUT2D eigenvalue weighted by Gasteiger charge is -2.16. The second-order valence-corrected chi connectivity index (χ2v) is 6.96. The number of sulfonamides is 1. The number of rotatable bonds is 7. The molecule has 1 fully saturated rings. The van der Waals surface area contributed by atoms with E-state index in [1.54, 1.807) is 24.3 Å². The van der Waals surface area contributed by atoms with Crippen LogP contribution in [0.1, 0.15) is 28.8 Å². The molecule has 7 heteroatoms. The first-order chi connectivity index (χ1) is 9.96. The molecule has 1 aliphatic carbocycles. The maximum Gasteiger partial charge on any atom is 0.338 e. The van der Waals surface area contributed by atoms with Crippen LogP contribution in [0.2, 0.25) is 0 Å². The van der Waals surface area contributed by atoms with Gasteiger partial charge >= 0.3 is 5.97 Å². The van der Waals surface area contributed by atoms with Gasteiger partial charge in [-0.15, -0.1) is 0 Å². The van der Waals surface area contributed by atoms with Gasteiger partial charge in [0.2, 0.25) is 10.0 Å². The van der Waals surface area contributed by atoms with E-state index in [4.69, 9.17) is 5.73 Å². The largest absolute Gasteiger partial charge is 0.465 e. The Bertz CT molecular complexity index is 611. The van der Waals surface area contributed by atoms with Gasteiger partial charge in [-0.05, 0) is 30.4 Å². The second kappa shape index (κ2) is 6.55. The topological polar surface area (TPSA) is 98.5 Å². The van der Waals surface area contributed by atoms with E-state index >= 15 is 0 Å². The lowest BCUT2D eigenvalue weighted by Crippen LogP contribution is -2.42. The molecule has 0 amide bonds. The summed E-state index contributed by atoms with van der Waals surface area (Å²) in [6, 6.07) is 6.31. The second-order valence-electron chi connectivity index (χ2n) is 5.21. The van der Waals surface area contributed by atoms with Crippen molar-refractivity contribution in [1.82, 2.24) is 4.72 Å². The Morgan fingerprint density at radius 3 is 2.67 bits per heavy atom. The lowest BCUT2D eigenvalue weighted by molar-refractivity contribution is 0.0600. The maximum atomic E-state index is 12.2. The maximum absolute atomic E-state index is 12.2. The first kappa shape index (κ1) is 15.9. The molecule has 2 rings (SSSR count). The van der Waals surface area contributed by atoms with Gasteiger partial charge in [-0.2, -0.15) is 0 Å². The van der Waals surface area contributed by atoms with E-state index in [2.05, 4.69) is 9.46 Å².